The summed E-state index contributed by atoms with van der Waals surface area (Å²) in [5.41, 5.74) is 4.71. The lowest BCUT2D eigenvalue weighted by atomic mass is 10.1. The van der Waals surface area contributed by atoms with Crippen LogP contribution in [0.15, 0.2) is 42.5 Å². The van der Waals surface area contributed by atoms with Gasteiger partial charge >= 0.3 is 0 Å². The van der Waals surface area contributed by atoms with E-state index in [1.165, 1.54) is 15.8 Å². The Kier molecular flexibility index (Phi) is 4.64. The predicted molar refractivity (Wildman–Crippen MR) is 108 cm³/mol. The van der Waals surface area contributed by atoms with Crippen molar-refractivity contribution >= 4 is 32.6 Å². The summed E-state index contributed by atoms with van der Waals surface area (Å²) in [4.78, 5) is 21.7. The molecule has 1 aromatic heterocycles. The first-order valence-electron chi connectivity index (χ1n) is 9.05. The van der Waals surface area contributed by atoms with Crippen LogP contribution in [0.3, 0.4) is 0 Å². The van der Waals surface area contributed by atoms with Crippen molar-refractivity contribution in [2.45, 2.75) is 20.3 Å². The van der Waals surface area contributed by atoms with Crippen molar-refractivity contribution < 1.29 is 4.79 Å². The SMILES string of the molecule is Cc1ccc(C)c2sc(N3CCN(C(=O)Cc4ccccc4)CC3)nc12. The van der Waals surface area contributed by atoms with Crippen LogP contribution in [0.5, 0.6) is 0 Å². The molecule has 1 fully saturated rings. The second-order valence-electron chi connectivity index (χ2n) is 6.90. The second kappa shape index (κ2) is 7.08. The fourth-order valence-corrected chi connectivity index (χ4v) is 4.58. The van der Waals surface area contributed by atoms with E-state index < -0.39 is 0 Å². The van der Waals surface area contributed by atoms with E-state index >= 15 is 0 Å². The van der Waals surface area contributed by atoms with E-state index in [1.807, 2.05) is 35.2 Å². The maximum absolute atomic E-state index is 12.5. The van der Waals surface area contributed by atoms with E-state index in [4.69, 9.17) is 4.98 Å². The second-order valence-corrected chi connectivity index (χ2v) is 7.88. The molecule has 0 bridgehead atoms. The van der Waals surface area contributed by atoms with Crippen LogP contribution in [-0.4, -0.2) is 42.0 Å². The number of benzene rings is 2. The number of fused-ring (bicyclic) bond motifs is 1. The first-order valence-corrected chi connectivity index (χ1v) is 9.87. The standard InChI is InChI=1S/C21H23N3OS/c1-15-8-9-16(2)20-19(15)22-21(26-20)24-12-10-23(11-13-24)18(25)14-17-6-4-3-5-7-17/h3-9H,10-14H2,1-2H3. The van der Waals surface area contributed by atoms with Gasteiger partial charge in [0, 0.05) is 26.2 Å². The van der Waals surface area contributed by atoms with Crippen molar-refractivity contribution in [3.05, 3.63) is 59.2 Å². The lowest BCUT2D eigenvalue weighted by molar-refractivity contribution is -0.130. The Hall–Kier alpha value is -2.40. The molecule has 0 N–H and O–H groups in total. The van der Waals surface area contributed by atoms with E-state index in [2.05, 4.69) is 30.9 Å². The molecule has 4 nitrogen and oxygen atoms in total. The van der Waals surface area contributed by atoms with Crippen molar-refractivity contribution in [3.8, 4) is 0 Å². The summed E-state index contributed by atoms with van der Waals surface area (Å²) >= 11 is 1.77. The Labute approximate surface area is 158 Å². The molecule has 1 amide bonds. The zero-order valence-electron chi connectivity index (χ0n) is 15.2. The highest BCUT2D eigenvalue weighted by Crippen LogP contribution is 2.33. The predicted octanol–water partition coefficient (Wildman–Crippen LogP) is 3.80. The quantitative estimate of drug-likeness (QED) is 0.708. The van der Waals surface area contributed by atoms with Crippen LogP contribution in [0.2, 0.25) is 0 Å². The van der Waals surface area contributed by atoms with Crippen LogP contribution in [0.1, 0.15) is 16.7 Å². The van der Waals surface area contributed by atoms with Gasteiger partial charge in [-0.3, -0.25) is 4.79 Å². The van der Waals surface area contributed by atoms with Gasteiger partial charge in [-0.05, 0) is 30.5 Å². The normalized spacial score (nSPS) is 14.8. The summed E-state index contributed by atoms with van der Waals surface area (Å²) in [7, 11) is 0. The third kappa shape index (κ3) is 3.31. The zero-order valence-corrected chi connectivity index (χ0v) is 16.1. The van der Waals surface area contributed by atoms with Crippen molar-refractivity contribution in [1.82, 2.24) is 9.88 Å². The minimum absolute atomic E-state index is 0.215. The first kappa shape index (κ1) is 17.0. The Morgan fingerprint density at radius 2 is 1.69 bits per heavy atom. The summed E-state index contributed by atoms with van der Waals surface area (Å²) in [6, 6.07) is 14.3. The van der Waals surface area contributed by atoms with Crippen molar-refractivity contribution in [2.24, 2.45) is 0 Å². The van der Waals surface area contributed by atoms with Crippen LogP contribution in [0, 0.1) is 13.8 Å². The van der Waals surface area contributed by atoms with E-state index in [0.29, 0.717) is 6.42 Å². The molecule has 2 aromatic carbocycles. The molecule has 0 radical (unpaired) electrons. The van der Waals surface area contributed by atoms with Gasteiger partial charge < -0.3 is 9.80 Å². The maximum Gasteiger partial charge on any atom is 0.227 e. The largest absolute Gasteiger partial charge is 0.345 e. The van der Waals surface area contributed by atoms with Crippen molar-refractivity contribution in [2.75, 3.05) is 31.1 Å². The molecule has 1 saturated heterocycles. The third-order valence-electron chi connectivity index (χ3n) is 5.03. The molecule has 0 saturated carbocycles. The van der Waals surface area contributed by atoms with Gasteiger partial charge in [-0.15, -0.1) is 0 Å². The van der Waals surface area contributed by atoms with Gasteiger partial charge in [-0.25, -0.2) is 4.98 Å². The molecule has 0 aliphatic carbocycles. The molecule has 26 heavy (non-hydrogen) atoms. The summed E-state index contributed by atoms with van der Waals surface area (Å²) in [6.07, 6.45) is 0.486. The van der Waals surface area contributed by atoms with Crippen LogP contribution in [0.4, 0.5) is 5.13 Å². The van der Waals surface area contributed by atoms with Gasteiger partial charge in [0.25, 0.3) is 0 Å². The van der Waals surface area contributed by atoms with E-state index in [1.54, 1.807) is 11.3 Å². The maximum atomic E-state index is 12.5. The molecular weight excluding hydrogens is 342 g/mol. The summed E-state index contributed by atoms with van der Waals surface area (Å²) in [6.45, 7) is 7.48. The van der Waals surface area contributed by atoms with Gasteiger partial charge in [0.2, 0.25) is 5.91 Å². The fraction of sp³-hybridized carbons (Fsp3) is 0.333. The summed E-state index contributed by atoms with van der Waals surface area (Å²) in [5.74, 6) is 0.215. The number of aromatic nitrogens is 1. The highest BCUT2D eigenvalue weighted by molar-refractivity contribution is 7.22. The number of rotatable bonds is 3. The number of amides is 1. The number of aryl methyl sites for hydroxylation is 2. The Morgan fingerprint density at radius 1 is 1.00 bits per heavy atom. The van der Waals surface area contributed by atoms with Gasteiger partial charge in [0.15, 0.2) is 5.13 Å². The van der Waals surface area contributed by atoms with Gasteiger partial charge in [-0.2, -0.15) is 0 Å². The van der Waals surface area contributed by atoms with Crippen LogP contribution in [0.25, 0.3) is 10.2 Å². The van der Waals surface area contributed by atoms with Gasteiger partial charge in [0.1, 0.15) is 0 Å². The van der Waals surface area contributed by atoms with Crippen LogP contribution in [-0.2, 0) is 11.2 Å². The number of piperazine rings is 1. The molecule has 134 valence electrons. The number of nitrogens with zero attached hydrogens (tertiary/aromatic N) is 3. The zero-order chi connectivity index (χ0) is 18.1. The molecule has 0 unspecified atom stereocenters. The molecular formula is C21H23N3OS. The summed E-state index contributed by atoms with van der Waals surface area (Å²) < 4.78 is 1.28. The topological polar surface area (TPSA) is 36.4 Å². The number of anilines is 1. The minimum Gasteiger partial charge on any atom is -0.345 e. The average molecular weight is 366 g/mol. The number of thiazole rings is 1. The number of carbonyl (C=O) groups excluding carboxylic acids is 1. The fourth-order valence-electron chi connectivity index (χ4n) is 3.41. The Morgan fingerprint density at radius 3 is 2.38 bits per heavy atom. The summed E-state index contributed by atoms with van der Waals surface area (Å²) in [5, 5.41) is 1.08. The Balaban J connectivity index is 1.43. The first-order chi connectivity index (χ1) is 12.6. The van der Waals surface area contributed by atoms with Crippen LogP contribution < -0.4 is 4.90 Å². The molecule has 0 atom stereocenters. The number of hydrogen-bond acceptors (Lipinski definition) is 4. The van der Waals surface area contributed by atoms with Gasteiger partial charge in [-0.1, -0.05) is 53.8 Å². The molecule has 3 aromatic rings. The van der Waals surface area contributed by atoms with Crippen molar-refractivity contribution in [1.29, 1.82) is 0 Å². The highest BCUT2D eigenvalue weighted by atomic mass is 32.1. The highest BCUT2D eigenvalue weighted by Gasteiger charge is 2.23. The van der Waals surface area contributed by atoms with E-state index in [0.717, 1.165) is 42.4 Å². The molecule has 5 heteroatoms. The lowest BCUT2D eigenvalue weighted by Gasteiger charge is -2.34. The molecule has 0 spiro atoms. The van der Waals surface area contributed by atoms with E-state index in [-0.39, 0.29) is 5.91 Å². The lowest BCUT2D eigenvalue weighted by Crippen LogP contribution is -2.49. The molecule has 2 heterocycles. The molecule has 1 aliphatic rings. The van der Waals surface area contributed by atoms with Gasteiger partial charge in [0.05, 0.1) is 16.6 Å². The molecule has 1 aliphatic heterocycles. The number of hydrogen-bond donors (Lipinski definition) is 0. The Bertz CT molecular complexity index is 888. The van der Waals surface area contributed by atoms with E-state index in [9.17, 15) is 4.79 Å². The average Bonchev–Trinajstić information content (AvgIpc) is 3.13. The van der Waals surface area contributed by atoms with Crippen LogP contribution >= 0.6 is 11.3 Å². The smallest absolute Gasteiger partial charge is 0.227 e. The number of carbonyl (C=O) groups is 1. The monoisotopic (exact) mass is 365 g/mol. The third-order valence-corrected chi connectivity index (χ3v) is 6.28. The molecule has 4 rings (SSSR count). The van der Waals surface area contributed by atoms with Crippen molar-refractivity contribution in [3.63, 3.8) is 0 Å². The minimum atomic E-state index is 0.215.